The van der Waals surface area contributed by atoms with Gasteiger partial charge in [-0.3, -0.25) is 0 Å². The second kappa shape index (κ2) is 9.83. The summed E-state index contributed by atoms with van der Waals surface area (Å²) < 4.78 is 5.97. The van der Waals surface area contributed by atoms with E-state index in [0.717, 1.165) is 30.4 Å². The van der Waals surface area contributed by atoms with Crippen LogP contribution >= 0.6 is 0 Å². The van der Waals surface area contributed by atoms with Crippen molar-refractivity contribution in [1.29, 1.82) is 0 Å². The zero-order valence-corrected chi connectivity index (χ0v) is 16.2. The number of aliphatic hydroxyl groups excluding tert-OH is 3. The van der Waals surface area contributed by atoms with E-state index in [2.05, 4.69) is 0 Å². The van der Waals surface area contributed by atoms with Crippen LogP contribution < -0.4 is 0 Å². The van der Waals surface area contributed by atoms with Crippen molar-refractivity contribution in [3.05, 3.63) is 23.3 Å². The minimum atomic E-state index is -0.909. The van der Waals surface area contributed by atoms with Crippen LogP contribution in [0.5, 0.6) is 0 Å². The highest BCUT2D eigenvalue weighted by molar-refractivity contribution is 5.07. The molecule has 0 aliphatic carbocycles. The van der Waals surface area contributed by atoms with Crippen LogP contribution in [0.3, 0.4) is 0 Å². The van der Waals surface area contributed by atoms with Crippen molar-refractivity contribution < 1.29 is 25.2 Å². The molecule has 0 aromatic heterocycles. The summed E-state index contributed by atoms with van der Waals surface area (Å²) in [5.41, 5.74) is 0.483. The van der Waals surface area contributed by atoms with Crippen molar-refractivity contribution in [2.24, 2.45) is 0 Å². The number of hydrogen-bond donors (Lipinski definition) is 4. The van der Waals surface area contributed by atoms with Crippen LogP contribution in [0.15, 0.2) is 23.3 Å². The number of ether oxygens (including phenoxy) is 1. The maximum atomic E-state index is 10.6. The van der Waals surface area contributed by atoms with Gasteiger partial charge in [0.1, 0.15) is 0 Å². The van der Waals surface area contributed by atoms with E-state index in [1.807, 2.05) is 19.9 Å². The maximum Gasteiger partial charge on any atom is 0.0918 e. The van der Waals surface area contributed by atoms with Gasteiger partial charge in [0.05, 0.1) is 36.6 Å². The Kier molecular flexibility index (Phi) is 8.78. The molecular formula is C20H36O5. The standard InChI is InChI=1S/C20H36O5/c1-15(11-13-21)6-5-7-16(14-22)8-9-17(23)20(4)12-10-18(25-20)19(2,3)24/h7,11,17-18,21-24H,5-6,8-10,12-14H2,1-4H3. The van der Waals surface area contributed by atoms with E-state index in [1.54, 1.807) is 19.9 Å². The van der Waals surface area contributed by atoms with Gasteiger partial charge in [-0.15, -0.1) is 0 Å². The van der Waals surface area contributed by atoms with Gasteiger partial charge in [0, 0.05) is 0 Å². The van der Waals surface area contributed by atoms with Crippen molar-refractivity contribution in [2.75, 3.05) is 13.2 Å². The molecule has 0 bridgehead atoms. The molecule has 1 aliphatic rings. The van der Waals surface area contributed by atoms with Crippen LogP contribution in [0, 0.1) is 0 Å². The molecule has 0 aromatic carbocycles. The van der Waals surface area contributed by atoms with Crippen LogP contribution in [0.25, 0.3) is 0 Å². The van der Waals surface area contributed by atoms with E-state index >= 15 is 0 Å². The Morgan fingerprint density at radius 3 is 2.48 bits per heavy atom. The van der Waals surface area contributed by atoms with Crippen LogP contribution in [0.4, 0.5) is 0 Å². The topological polar surface area (TPSA) is 90.2 Å². The molecule has 146 valence electrons. The highest BCUT2D eigenvalue weighted by Crippen LogP contribution is 2.38. The highest BCUT2D eigenvalue weighted by atomic mass is 16.5. The molecule has 3 atom stereocenters. The molecule has 1 fully saturated rings. The average Bonchev–Trinajstić information content (AvgIpc) is 2.94. The minimum absolute atomic E-state index is 0.0145. The van der Waals surface area contributed by atoms with Gasteiger partial charge in [0.25, 0.3) is 0 Å². The molecule has 0 amide bonds. The zero-order valence-electron chi connectivity index (χ0n) is 16.2. The van der Waals surface area contributed by atoms with Crippen LogP contribution in [0.1, 0.15) is 66.2 Å². The second-order valence-corrected chi connectivity index (χ2v) is 7.96. The Labute approximate surface area is 152 Å². The van der Waals surface area contributed by atoms with E-state index in [9.17, 15) is 15.3 Å². The van der Waals surface area contributed by atoms with Gasteiger partial charge in [0.2, 0.25) is 0 Å². The van der Waals surface area contributed by atoms with Crippen LogP contribution in [-0.4, -0.2) is 57.0 Å². The Bertz CT molecular complexity index is 463. The molecule has 0 saturated carbocycles. The fraction of sp³-hybridized carbons (Fsp3) is 0.800. The lowest BCUT2D eigenvalue weighted by Gasteiger charge is -2.33. The van der Waals surface area contributed by atoms with Gasteiger partial charge in [-0.05, 0) is 71.8 Å². The third kappa shape index (κ3) is 7.19. The summed E-state index contributed by atoms with van der Waals surface area (Å²) in [5, 5.41) is 39.0. The molecule has 5 heteroatoms. The van der Waals surface area contributed by atoms with Crippen LogP contribution in [0.2, 0.25) is 0 Å². The maximum absolute atomic E-state index is 10.6. The summed E-state index contributed by atoms with van der Waals surface area (Å²) in [5.74, 6) is 0. The van der Waals surface area contributed by atoms with Gasteiger partial charge in [-0.2, -0.15) is 0 Å². The van der Waals surface area contributed by atoms with Crippen molar-refractivity contribution in [2.45, 2.75) is 89.6 Å². The summed E-state index contributed by atoms with van der Waals surface area (Å²) in [7, 11) is 0. The molecule has 1 rings (SSSR count). The fourth-order valence-electron chi connectivity index (χ4n) is 3.24. The molecule has 0 radical (unpaired) electrons. The van der Waals surface area contributed by atoms with Gasteiger partial charge in [-0.25, -0.2) is 0 Å². The molecule has 1 aliphatic heterocycles. The number of allylic oxidation sites excluding steroid dienone is 2. The molecule has 5 nitrogen and oxygen atoms in total. The second-order valence-electron chi connectivity index (χ2n) is 7.96. The zero-order chi connectivity index (χ0) is 19.1. The molecular weight excluding hydrogens is 320 g/mol. The van der Waals surface area contributed by atoms with Gasteiger partial charge < -0.3 is 25.2 Å². The summed E-state index contributed by atoms with van der Waals surface area (Å²) in [6.07, 6.45) is 7.14. The van der Waals surface area contributed by atoms with Crippen LogP contribution in [-0.2, 0) is 4.74 Å². The lowest BCUT2D eigenvalue weighted by molar-refractivity contribution is -0.153. The third-order valence-electron chi connectivity index (χ3n) is 5.16. The molecule has 0 spiro atoms. The Balaban J connectivity index is 2.50. The van der Waals surface area contributed by atoms with Crippen molar-refractivity contribution in [3.63, 3.8) is 0 Å². The van der Waals surface area contributed by atoms with Crippen molar-refractivity contribution in [3.8, 4) is 0 Å². The number of aliphatic hydroxyl groups is 4. The molecule has 25 heavy (non-hydrogen) atoms. The first-order valence-corrected chi connectivity index (χ1v) is 9.26. The fourth-order valence-corrected chi connectivity index (χ4v) is 3.24. The highest BCUT2D eigenvalue weighted by Gasteiger charge is 2.46. The molecule has 1 saturated heterocycles. The lowest BCUT2D eigenvalue weighted by atomic mass is 9.90. The predicted molar refractivity (Wildman–Crippen MR) is 99.3 cm³/mol. The molecule has 0 aromatic rings. The predicted octanol–water partition coefficient (Wildman–Crippen LogP) is 2.47. The van der Waals surface area contributed by atoms with Gasteiger partial charge in [0.15, 0.2) is 0 Å². The van der Waals surface area contributed by atoms with E-state index in [1.165, 1.54) is 0 Å². The quantitative estimate of drug-likeness (QED) is 0.452. The average molecular weight is 357 g/mol. The summed E-state index contributed by atoms with van der Waals surface area (Å²) in [4.78, 5) is 0. The van der Waals surface area contributed by atoms with E-state index in [0.29, 0.717) is 19.3 Å². The summed E-state index contributed by atoms with van der Waals surface area (Å²) in [6, 6.07) is 0. The van der Waals surface area contributed by atoms with Crippen molar-refractivity contribution >= 4 is 0 Å². The SMILES string of the molecule is CC(=CCO)CCC=C(CO)CCC(O)C1(C)CCC(C(C)(C)O)O1. The van der Waals surface area contributed by atoms with Gasteiger partial charge in [-0.1, -0.05) is 17.7 Å². The summed E-state index contributed by atoms with van der Waals surface area (Å²) >= 11 is 0. The lowest BCUT2D eigenvalue weighted by Crippen LogP contribution is -2.43. The minimum Gasteiger partial charge on any atom is -0.392 e. The first-order chi connectivity index (χ1) is 11.6. The van der Waals surface area contributed by atoms with E-state index in [-0.39, 0.29) is 19.3 Å². The van der Waals surface area contributed by atoms with Crippen molar-refractivity contribution in [1.82, 2.24) is 0 Å². The molecule has 3 unspecified atom stereocenters. The monoisotopic (exact) mass is 356 g/mol. The van der Waals surface area contributed by atoms with Gasteiger partial charge >= 0.3 is 0 Å². The largest absolute Gasteiger partial charge is 0.392 e. The number of hydrogen-bond acceptors (Lipinski definition) is 5. The Morgan fingerprint density at radius 1 is 1.28 bits per heavy atom. The van der Waals surface area contributed by atoms with E-state index < -0.39 is 17.3 Å². The Morgan fingerprint density at radius 2 is 1.96 bits per heavy atom. The first-order valence-electron chi connectivity index (χ1n) is 9.26. The number of rotatable bonds is 10. The first kappa shape index (κ1) is 22.3. The van der Waals surface area contributed by atoms with E-state index in [4.69, 9.17) is 9.84 Å². The molecule has 4 N–H and O–H groups in total. The summed E-state index contributed by atoms with van der Waals surface area (Å²) in [6.45, 7) is 7.38. The Hall–Kier alpha value is -0.720. The molecule has 1 heterocycles. The normalized spacial score (nSPS) is 27.0. The third-order valence-corrected chi connectivity index (χ3v) is 5.16. The smallest absolute Gasteiger partial charge is 0.0918 e.